The van der Waals surface area contributed by atoms with Crippen molar-refractivity contribution >= 4 is 11.9 Å². The van der Waals surface area contributed by atoms with E-state index in [-0.39, 0.29) is 19.4 Å². The zero-order valence-electron chi connectivity index (χ0n) is 45.8. The van der Waals surface area contributed by atoms with E-state index in [1.165, 1.54) is 109 Å². The minimum atomic E-state index is -1.77. The second-order valence-electron chi connectivity index (χ2n) is 20.4. The Kier molecular flexibility index (Phi) is 41.5. The summed E-state index contributed by atoms with van der Waals surface area (Å²) in [7, 11) is 0. The quantitative estimate of drug-likeness (QED) is 0.0171. The Labute approximate surface area is 446 Å². The Bertz CT molecular complexity index is 1470. The number of allylic oxidation sites excluding steroid dienone is 8. The Morgan fingerprint density at radius 2 is 0.865 bits per heavy atom. The first-order valence-electron chi connectivity index (χ1n) is 29.2. The molecule has 0 saturated carbocycles. The molecule has 2 aliphatic rings. The number of aliphatic hydroxyl groups is 7. The van der Waals surface area contributed by atoms with E-state index in [9.17, 15) is 45.3 Å². The van der Waals surface area contributed by atoms with Gasteiger partial charge in [-0.1, -0.05) is 191 Å². The number of hydrogen-bond donors (Lipinski definition) is 7. The van der Waals surface area contributed by atoms with Gasteiger partial charge in [0.05, 0.1) is 19.8 Å². The molecule has 0 amide bonds. The third-order valence-electron chi connectivity index (χ3n) is 13.8. The van der Waals surface area contributed by atoms with Gasteiger partial charge in [-0.25, -0.2) is 0 Å². The summed E-state index contributed by atoms with van der Waals surface area (Å²) >= 11 is 0. The van der Waals surface area contributed by atoms with E-state index in [0.29, 0.717) is 19.3 Å². The highest BCUT2D eigenvalue weighted by Crippen LogP contribution is 2.27. The van der Waals surface area contributed by atoms with Gasteiger partial charge in [-0.3, -0.25) is 9.59 Å². The Balaban J connectivity index is 1.75. The van der Waals surface area contributed by atoms with Crippen LogP contribution in [0.3, 0.4) is 0 Å². The maximum absolute atomic E-state index is 13.1. The van der Waals surface area contributed by atoms with Crippen LogP contribution < -0.4 is 0 Å². The van der Waals surface area contributed by atoms with Crippen molar-refractivity contribution in [1.82, 2.24) is 0 Å². The molecule has 2 fully saturated rings. The van der Waals surface area contributed by atoms with Crippen LogP contribution in [0.1, 0.15) is 219 Å². The molecule has 0 aromatic carbocycles. The summed E-state index contributed by atoms with van der Waals surface area (Å²) in [5, 5.41) is 72.3. The summed E-state index contributed by atoms with van der Waals surface area (Å²) < 4.78 is 33.6. The minimum Gasteiger partial charge on any atom is -0.462 e. The van der Waals surface area contributed by atoms with Crippen LogP contribution in [0, 0.1) is 0 Å². The Morgan fingerprint density at radius 3 is 1.39 bits per heavy atom. The molecular weight excluding hydrogens is 949 g/mol. The number of ether oxygens (including phenoxy) is 6. The molecule has 0 aromatic rings. The van der Waals surface area contributed by atoms with E-state index in [4.69, 9.17) is 28.4 Å². The molecule has 0 spiro atoms. The first kappa shape index (κ1) is 67.6. The van der Waals surface area contributed by atoms with E-state index in [2.05, 4.69) is 62.5 Å². The zero-order valence-corrected chi connectivity index (χ0v) is 45.8. The lowest BCUT2D eigenvalue weighted by Gasteiger charge is -2.42. The molecule has 0 bridgehead atoms. The van der Waals surface area contributed by atoms with Gasteiger partial charge in [0, 0.05) is 12.8 Å². The van der Waals surface area contributed by atoms with Crippen LogP contribution in [-0.4, -0.2) is 142 Å². The van der Waals surface area contributed by atoms with Gasteiger partial charge in [-0.15, -0.1) is 0 Å². The third kappa shape index (κ3) is 32.3. The molecule has 74 heavy (non-hydrogen) atoms. The predicted octanol–water partition coefficient (Wildman–Crippen LogP) is 9.83. The minimum absolute atomic E-state index is 0.114. The van der Waals surface area contributed by atoms with Crippen LogP contribution in [0.2, 0.25) is 0 Å². The van der Waals surface area contributed by atoms with E-state index >= 15 is 0 Å². The van der Waals surface area contributed by atoms with Crippen molar-refractivity contribution in [3.63, 3.8) is 0 Å². The second kappa shape index (κ2) is 45.5. The summed E-state index contributed by atoms with van der Waals surface area (Å²) in [6, 6.07) is 0. The number of carbonyl (C=O) groups is 2. The average molecular weight is 1050 g/mol. The van der Waals surface area contributed by atoms with Gasteiger partial charge in [0.1, 0.15) is 55.4 Å². The van der Waals surface area contributed by atoms with Crippen LogP contribution in [0.4, 0.5) is 0 Å². The lowest BCUT2D eigenvalue weighted by atomic mass is 9.98. The molecular formula is C59H104O15. The van der Waals surface area contributed by atoms with Crippen molar-refractivity contribution in [3.8, 4) is 0 Å². The number of unbranched alkanes of at least 4 members (excludes halogenated alkanes) is 24. The molecule has 430 valence electrons. The summed E-state index contributed by atoms with van der Waals surface area (Å²) in [6.07, 6.45) is 35.8. The van der Waals surface area contributed by atoms with Crippen molar-refractivity contribution in [2.24, 2.45) is 0 Å². The standard InChI is InChI=1S/C59H104O15/c1-3-5-7-9-11-13-15-17-19-20-21-22-23-24-25-26-28-30-32-34-36-38-40-42-51(62)72-47(44-69-50(61)41-39-37-35-33-31-29-27-18-16-14-12-10-8-6-4-2)45-70-58-57(68)55(66)53(64)49(74-58)46-71-59-56(67)54(65)52(63)48(43-60)73-59/h6,8,12,14,18,27,34,36,47-49,52-60,63-68H,3-5,7,9-11,13,15-17,19-26,28-33,35,37-46H2,1-2H3/b8-6+,14-12+,27-18+,36-34+/t47-,48+,49+,52-,53-,54?,55?,56?,57?,58+,59+/m1/s1. The molecule has 2 aliphatic heterocycles. The summed E-state index contributed by atoms with van der Waals surface area (Å²) in [4.78, 5) is 25.8. The fourth-order valence-corrected chi connectivity index (χ4v) is 9.06. The van der Waals surface area contributed by atoms with Crippen molar-refractivity contribution in [3.05, 3.63) is 48.6 Å². The first-order valence-corrected chi connectivity index (χ1v) is 29.2. The van der Waals surface area contributed by atoms with E-state index in [1.807, 2.05) is 0 Å². The molecule has 15 heteroatoms. The van der Waals surface area contributed by atoms with Gasteiger partial charge < -0.3 is 64.2 Å². The largest absolute Gasteiger partial charge is 0.462 e. The van der Waals surface area contributed by atoms with Crippen LogP contribution in [0.15, 0.2) is 48.6 Å². The van der Waals surface area contributed by atoms with Crippen LogP contribution in [0.25, 0.3) is 0 Å². The number of esters is 2. The zero-order chi connectivity index (χ0) is 53.9. The normalized spacial score (nSPS) is 25.0. The number of carbonyl (C=O) groups excluding carboxylic acids is 2. The van der Waals surface area contributed by atoms with E-state index in [1.54, 1.807) is 0 Å². The lowest BCUT2D eigenvalue weighted by molar-refractivity contribution is -0.332. The molecule has 0 aromatic heterocycles. The van der Waals surface area contributed by atoms with Gasteiger partial charge in [0.2, 0.25) is 0 Å². The predicted molar refractivity (Wildman–Crippen MR) is 289 cm³/mol. The SMILES string of the molecule is CC/C=C/C/C=C/C/C=C/CCCCCCCC(=O)OC[C@H](CO[C@H]1O[C@@H](CO[C@H]2O[C@@H](CO)[C@@H](O)C(O)C2O)[C@@H](O)C(O)C1O)OC(=O)CCC/C=C/CCCCCCCCCCCCCCCCCCCC. The maximum atomic E-state index is 13.1. The topological polar surface area (TPSA) is 231 Å². The molecule has 0 radical (unpaired) electrons. The fraction of sp³-hybridized carbons (Fsp3) is 0.831. The molecule has 7 N–H and O–H groups in total. The second-order valence-corrected chi connectivity index (χ2v) is 20.4. The molecule has 2 saturated heterocycles. The number of aliphatic hydroxyl groups excluding tert-OH is 7. The summed E-state index contributed by atoms with van der Waals surface area (Å²) in [6.45, 7) is 2.46. The van der Waals surface area contributed by atoms with E-state index in [0.717, 1.165) is 64.2 Å². The van der Waals surface area contributed by atoms with Gasteiger partial charge in [0.15, 0.2) is 18.7 Å². The third-order valence-corrected chi connectivity index (χ3v) is 13.8. The highest BCUT2D eigenvalue weighted by atomic mass is 16.7. The van der Waals surface area contributed by atoms with E-state index < -0.39 is 99.3 Å². The molecule has 2 rings (SSSR count). The summed E-state index contributed by atoms with van der Waals surface area (Å²) in [5.41, 5.74) is 0. The first-order chi connectivity index (χ1) is 36.0. The van der Waals surface area contributed by atoms with Crippen molar-refractivity contribution in [2.45, 2.75) is 287 Å². The van der Waals surface area contributed by atoms with Gasteiger partial charge in [-0.2, -0.15) is 0 Å². The van der Waals surface area contributed by atoms with Crippen molar-refractivity contribution in [1.29, 1.82) is 0 Å². The van der Waals surface area contributed by atoms with Crippen LogP contribution in [-0.2, 0) is 38.0 Å². The van der Waals surface area contributed by atoms with Crippen molar-refractivity contribution < 1.29 is 73.8 Å². The Morgan fingerprint density at radius 1 is 0.446 bits per heavy atom. The molecule has 4 unspecified atom stereocenters. The number of rotatable bonds is 46. The van der Waals surface area contributed by atoms with Crippen LogP contribution in [0.5, 0.6) is 0 Å². The maximum Gasteiger partial charge on any atom is 0.306 e. The van der Waals surface area contributed by atoms with Crippen molar-refractivity contribution in [2.75, 3.05) is 26.4 Å². The van der Waals surface area contributed by atoms with Gasteiger partial charge in [0.25, 0.3) is 0 Å². The highest BCUT2D eigenvalue weighted by Gasteiger charge is 2.47. The smallest absolute Gasteiger partial charge is 0.306 e. The van der Waals surface area contributed by atoms with Gasteiger partial charge >= 0.3 is 11.9 Å². The molecule has 15 nitrogen and oxygen atoms in total. The molecule has 2 heterocycles. The summed E-state index contributed by atoms with van der Waals surface area (Å²) in [5.74, 6) is -0.978. The average Bonchev–Trinajstić information content (AvgIpc) is 3.39. The fourth-order valence-electron chi connectivity index (χ4n) is 9.06. The van der Waals surface area contributed by atoms with Gasteiger partial charge in [-0.05, 0) is 64.2 Å². The Hall–Kier alpha value is -2.54. The van der Waals surface area contributed by atoms with Crippen LogP contribution >= 0.6 is 0 Å². The monoisotopic (exact) mass is 1050 g/mol. The number of hydrogen-bond acceptors (Lipinski definition) is 15. The molecule has 11 atom stereocenters. The highest BCUT2D eigenvalue weighted by molar-refractivity contribution is 5.70. The molecule has 0 aliphatic carbocycles. The lowest BCUT2D eigenvalue weighted by Crippen LogP contribution is -2.61.